The van der Waals surface area contributed by atoms with E-state index in [0.717, 1.165) is 15.2 Å². The number of aryl methyl sites for hydroxylation is 1. The first kappa shape index (κ1) is 14.6. The van der Waals surface area contributed by atoms with Crippen molar-refractivity contribution in [2.75, 3.05) is 16.4 Å². The van der Waals surface area contributed by atoms with Crippen molar-refractivity contribution >= 4 is 48.9 Å². The molecule has 2 aromatic rings. The van der Waals surface area contributed by atoms with Crippen LogP contribution in [0.25, 0.3) is 10.2 Å². The average molecular weight is 319 g/mol. The summed E-state index contributed by atoms with van der Waals surface area (Å²) in [6.07, 6.45) is 0. The van der Waals surface area contributed by atoms with Gasteiger partial charge in [-0.05, 0) is 31.0 Å². The maximum absolute atomic E-state index is 11.9. The van der Waals surface area contributed by atoms with E-state index in [2.05, 4.69) is 9.71 Å². The lowest BCUT2D eigenvalue weighted by atomic mass is 10.3. The van der Waals surface area contributed by atoms with Crippen LogP contribution >= 0.6 is 22.9 Å². The van der Waals surface area contributed by atoms with Crippen LogP contribution in [0.15, 0.2) is 18.2 Å². The van der Waals surface area contributed by atoms with Gasteiger partial charge in [0, 0.05) is 5.88 Å². The van der Waals surface area contributed by atoms with Crippen molar-refractivity contribution < 1.29 is 8.42 Å². The van der Waals surface area contributed by atoms with Crippen molar-refractivity contribution in [1.82, 2.24) is 4.98 Å². The van der Waals surface area contributed by atoms with Gasteiger partial charge in [-0.25, -0.2) is 13.4 Å². The second kappa shape index (κ2) is 5.64. The first-order valence-corrected chi connectivity index (χ1v) is 8.83. The highest BCUT2D eigenvalue weighted by molar-refractivity contribution is 7.92. The van der Waals surface area contributed by atoms with Crippen LogP contribution in [0, 0.1) is 12.8 Å². The number of hydrogen-bond donors (Lipinski definition) is 1. The van der Waals surface area contributed by atoms with Crippen LogP contribution < -0.4 is 4.72 Å². The van der Waals surface area contributed by atoms with Gasteiger partial charge < -0.3 is 0 Å². The number of hydrogen-bond acceptors (Lipinski definition) is 4. The number of anilines is 1. The van der Waals surface area contributed by atoms with Crippen LogP contribution in [0.2, 0.25) is 0 Å². The summed E-state index contributed by atoms with van der Waals surface area (Å²) in [5.41, 5.74) is 1.46. The topological polar surface area (TPSA) is 59.1 Å². The summed E-state index contributed by atoms with van der Waals surface area (Å²) >= 11 is 7.19. The Hall–Kier alpha value is -0.850. The van der Waals surface area contributed by atoms with E-state index in [0.29, 0.717) is 11.6 Å². The molecule has 0 aliphatic carbocycles. The lowest BCUT2D eigenvalue weighted by Crippen LogP contribution is -2.22. The molecule has 1 unspecified atom stereocenters. The van der Waals surface area contributed by atoms with Gasteiger partial charge in [0.2, 0.25) is 10.0 Å². The van der Waals surface area contributed by atoms with Crippen LogP contribution in [0.1, 0.15) is 11.9 Å². The molecule has 1 aromatic carbocycles. The highest BCUT2D eigenvalue weighted by atomic mass is 35.5. The molecule has 0 saturated carbocycles. The molecule has 0 amide bonds. The number of aromatic nitrogens is 1. The van der Waals surface area contributed by atoms with Crippen molar-refractivity contribution in [3.63, 3.8) is 0 Å². The smallest absolute Gasteiger partial charge is 0.233 e. The minimum Gasteiger partial charge on any atom is -0.283 e. The summed E-state index contributed by atoms with van der Waals surface area (Å²) in [6, 6.07) is 5.36. The summed E-state index contributed by atoms with van der Waals surface area (Å²) < 4.78 is 27.4. The molecule has 2 rings (SSSR count). The number of nitrogens with one attached hydrogen (secondary N) is 1. The first-order chi connectivity index (χ1) is 8.89. The summed E-state index contributed by atoms with van der Waals surface area (Å²) in [5.74, 6) is 0.276. The van der Waals surface area contributed by atoms with E-state index < -0.39 is 10.0 Å². The fraction of sp³-hybridized carbons (Fsp3) is 0.417. The van der Waals surface area contributed by atoms with Crippen LogP contribution in [0.4, 0.5) is 5.69 Å². The standard InChI is InChI=1S/C12H15ClN2O2S2/c1-8(6-13)7-19(16,17)15-10-3-4-11-12(5-10)18-9(2)14-11/h3-5,8,15H,6-7H2,1-2H3. The molecule has 0 bridgehead atoms. The van der Waals surface area contributed by atoms with Gasteiger partial charge in [0.15, 0.2) is 0 Å². The molecule has 7 heteroatoms. The van der Waals surface area contributed by atoms with Gasteiger partial charge in [0.1, 0.15) is 0 Å². The lowest BCUT2D eigenvalue weighted by Gasteiger charge is -2.11. The Bertz CT molecular complexity index is 682. The largest absolute Gasteiger partial charge is 0.283 e. The number of nitrogens with zero attached hydrogens (tertiary/aromatic N) is 1. The predicted molar refractivity (Wildman–Crippen MR) is 81.7 cm³/mol. The normalized spacial score (nSPS) is 13.6. The predicted octanol–water partition coefficient (Wildman–Crippen LogP) is 3.22. The average Bonchev–Trinajstić information content (AvgIpc) is 2.67. The highest BCUT2D eigenvalue weighted by Crippen LogP contribution is 2.25. The van der Waals surface area contributed by atoms with E-state index in [1.54, 1.807) is 17.4 Å². The Kier molecular flexibility index (Phi) is 4.32. The third-order valence-corrected chi connectivity index (χ3v) is 5.55. The Balaban J connectivity index is 2.20. The molecule has 0 aliphatic rings. The third kappa shape index (κ3) is 3.81. The molecule has 0 aliphatic heterocycles. The first-order valence-electron chi connectivity index (χ1n) is 5.83. The van der Waals surface area contributed by atoms with Gasteiger partial charge >= 0.3 is 0 Å². The van der Waals surface area contributed by atoms with Gasteiger partial charge in [0.05, 0.1) is 26.7 Å². The summed E-state index contributed by atoms with van der Waals surface area (Å²) in [6.45, 7) is 3.73. The molecule has 0 saturated heterocycles. The van der Waals surface area contributed by atoms with Crippen LogP contribution in [0.5, 0.6) is 0 Å². The molecule has 1 N–H and O–H groups in total. The summed E-state index contributed by atoms with van der Waals surface area (Å²) in [4.78, 5) is 4.34. The minimum atomic E-state index is -3.36. The van der Waals surface area contributed by atoms with Crippen molar-refractivity contribution in [1.29, 1.82) is 0 Å². The van der Waals surface area contributed by atoms with Crippen molar-refractivity contribution in [2.24, 2.45) is 5.92 Å². The fourth-order valence-corrected chi connectivity index (χ4v) is 4.28. The number of rotatable bonds is 5. The van der Waals surface area contributed by atoms with E-state index in [4.69, 9.17) is 11.6 Å². The Morgan fingerprint density at radius 2 is 2.21 bits per heavy atom. The molecule has 4 nitrogen and oxygen atoms in total. The van der Waals surface area contributed by atoms with Gasteiger partial charge in [-0.1, -0.05) is 6.92 Å². The third-order valence-electron chi connectivity index (χ3n) is 2.54. The highest BCUT2D eigenvalue weighted by Gasteiger charge is 2.15. The molecule has 1 heterocycles. The number of thiazole rings is 1. The van der Waals surface area contributed by atoms with Crippen molar-refractivity contribution in [2.45, 2.75) is 13.8 Å². The number of halogens is 1. The van der Waals surface area contributed by atoms with Crippen molar-refractivity contribution in [3.8, 4) is 0 Å². The SMILES string of the molecule is Cc1nc2ccc(NS(=O)(=O)CC(C)CCl)cc2s1. The zero-order valence-electron chi connectivity index (χ0n) is 10.7. The quantitative estimate of drug-likeness (QED) is 0.861. The molecule has 0 fully saturated rings. The Labute approximate surface area is 121 Å². The monoisotopic (exact) mass is 318 g/mol. The van der Waals surface area contributed by atoms with Crippen LogP contribution in [-0.2, 0) is 10.0 Å². The van der Waals surface area contributed by atoms with Gasteiger partial charge in [-0.15, -0.1) is 22.9 Å². The van der Waals surface area contributed by atoms with E-state index in [1.807, 2.05) is 26.0 Å². The number of benzene rings is 1. The van der Waals surface area contributed by atoms with E-state index in [1.165, 1.54) is 0 Å². The second-order valence-corrected chi connectivity index (χ2v) is 7.87. The summed E-state index contributed by atoms with van der Waals surface area (Å²) in [7, 11) is -3.36. The molecular weight excluding hydrogens is 304 g/mol. The number of fused-ring (bicyclic) bond motifs is 1. The van der Waals surface area contributed by atoms with E-state index >= 15 is 0 Å². The zero-order chi connectivity index (χ0) is 14.0. The lowest BCUT2D eigenvalue weighted by molar-refractivity contribution is 0.588. The minimum absolute atomic E-state index is 0.0241. The Morgan fingerprint density at radius 3 is 2.89 bits per heavy atom. The van der Waals surface area contributed by atoms with E-state index in [-0.39, 0.29) is 11.7 Å². The molecule has 1 aromatic heterocycles. The molecule has 104 valence electrons. The van der Waals surface area contributed by atoms with Gasteiger partial charge in [-0.2, -0.15) is 0 Å². The van der Waals surface area contributed by atoms with Gasteiger partial charge in [-0.3, -0.25) is 4.72 Å². The molecule has 19 heavy (non-hydrogen) atoms. The van der Waals surface area contributed by atoms with Gasteiger partial charge in [0.25, 0.3) is 0 Å². The Morgan fingerprint density at radius 1 is 1.47 bits per heavy atom. The fourth-order valence-electron chi connectivity index (χ4n) is 1.74. The van der Waals surface area contributed by atoms with E-state index in [9.17, 15) is 8.42 Å². The summed E-state index contributed by atoms with van der Waals surface area (Å²) in [5, 5.41) is 0.964. The van der Waals surface area contributed by atoms with Crippen LogP contribution in [-0.4, -0.2) is 25.0 Å². The molecule has 0 radical (unpaired) electrons. The number of alkyl halides is 1. The van der Waals surface area contributed by atoms with Crippen molar-refractivity contribution in [3.05, 3.63) is 23.2 Å². The maximum Gasteiger partial charge on any atom is 0.233 e. The molecular formula is C12H15ClN2O2S2. The zero-order valence-corrected chi connectivity index (χ0v) is 13.1. The number of sulfonamides is 1. The maximum atomic E-state index is 11.9. The molecule has 1 atom stereocenters. The molecule has 0 spiro atoms. The van der Waals surface area contributed by atoms with Crippen LogP contribution in [0.3, 0.4) is 0 Å². The second-order valence-electron chi connectivity index (χ2n) is 4.56.